The summed E-state index contributed by atoms with van der Waals surface area (Å²) in [6.07, 6.45) is 9.90. The molecule has 2 aromatic heterocycles. The molecular weight excluding hydrogens is 396 g/mol. The second-order valence-electron chi connectivity index (χ2n) is 9.80. The standard InChI is InChI=1S/C23H32N4O2S/c1-4-27-21(19-5-6-29-14(19)2)25-26-22(27)30-13-20(28)24-15(3)23-10-16-7-17(11-23)9-18(8-16)12-23/h5-6,15-18H,4,7-13H2,1-3H3,(H,24,28)/t15-,16?,17?,18?,23?/m0/s1. The lowest BCUT2D eigenvalue weighted by Gasteiger charge is -2.59. The average molecular weight is 429 g/mol. The predicted molar refractivity (Wildman–Crippen MR) is 117 cm³/mol. The van der Waals surface area contributed by atoms with Gasteiger partial charge in [0.05, 0.1) is 17.6 Å². The van der Waals surface area contributed by atoms with Crippen LogP contribution in [0.4, 0.5) is 0 Å². The lowest BCUT2D eigenvalue weighted by Crippen LogP contribution is -2.56. The lowest BCUT2D eigenvalue weighted by atomic mass is 9.48. The van der Waals surface area contributed by atoms with Crippen LogP contribution in [0.25, 0.3) is 11.4 Å². The second kappa shape index (κ2) is 7.74. The fourth-order valence-corrected chi connectivity index (χ4v) is 7.58. The highest BCUT2D eigenvalue weighted by atomic mass is 32.2. The quantitative estimate of drug-likeness (QED) is 0.648. The zero-order valence-corrected chi connectivity index (χ0v) is 19.0. The number of carbonyl (C=O) groups is 1. The molecule has 4 fully saturated rings. The normalized spacial score (nSPS) is 30.6. The van der Waals surface area contributed by atoms with Gasteiger partial charge in [0.1, 0.15) is 5.76 Å². The summed E-state index contributed by atoms with van der Waals surface area (Å²) in [5.74, 6) is 4.81. The van der Waals surface area contributed by atoms with Gasteiger partial charge < -0.3 is 14.3 Å². The van der Waals surface area contributed by atoms with Crippen molar-refractivity contribution in [1.29, 1.82) is 0 Å². The molecule has 0 saturated heterocycles. The number of amides is 1. The molecule has 0 aromatic carbocycles. The van der Waals surface area contributed by atoms with Gasteiger partial charge in [-0.15, -0.1) is 10.2 Å². The van der Waals surface area contributed by atoms with Crippen LogP contribution in [0.15, 0.2) is 21.9 Å². The van der Waals surface area contributed by atoms with E-state index in [0.717, 1.165) is 46.6 Å². The average Bonchev–Trinajstić information content (AvgIpc) is 3.30. The Morgan fingerprint density at radius 3 is 2.50 bits per heavy atom. The van der Waals surface area contributed by atoms with E-state index >= 15 is 0 Å². The first-order valence-corrected chi connectivity index (χ1v) is 12.4. The largest absolute Gasteiger partial charge is 0.469 e. The summed E-state index contributed by atoms with van der Waals surface area (Å²) in [7, 11) is 0. The SMILES string of the molecule is CCn1c(SCC(=O)N[C@@H](C)C23CC4CC(CC(C4)C2)C3)nnc1-c1ccoc1C. The van der Waals surface area contributed by atoms with Crippen LogP contribution in [0.2, 0.25) is 0 Å². The second-order valence-corrected chi connectivity index (χ2v) is 10.7. The van der Waals surface area contributed by atoms with E-state index in [0.29, 0.717) is 11.2 Å². The molecule has 2 heterocycles. The number of furan rings is 1. The van der Waals surface area contributed by atoms with Crippen molar-refractivity contribution in [2.45, 2.75) is 77.0 Å². The molecule has 4 bridgehead atoms. The minimum Gasteiger partial charge on any atom is -0.469 e. The number of carbonyl (C=O) groups excluding carboxylic acids is 1. The Morgan fingerprint density at radius 1 is 1.27 bits per heavy atom. The minimum absolute atomic E-state index is 0.106. The summed E-state index contributed by atoms with van der Waals surface area (Å²) in [4.78, 5) is 12.8. The summed E-state index contributed by atoms with van der Waals surface area (Å²) < 4.78 is 7.47. The third-order valence-electron chi connectivity index (χ3n) is 7.85. The number of hydrogen-bond donors (Lipinski definition) is 1. The Kier molecular flexibility index (Phi) is 5.20. The van der Waals surface area contributed by atoms with Gasteiger partial charge in [-0.2, -0.15) is 0 Å². The molecule has 2 aromatic rings. The van der Waals surface area contributed by atoms with Crippen LogP contribution in [-0.4, -0.2) is 32.5 Å². The van der Waals surface area contributed by atoms with Crippen LogP contribution in [0.3, 0.4) is 0 Å². The van der Waals surface area contributed by atoms with Crippen LogP contribution < -0.4 is 5.32 Å². The molecule has 162 valence electrons. The van der Waals surface area contributed by atoms with E-state index < -0.39 is 0 Å². The summed E-state index contributed by atoms with van der Waals surface area (Å²) >= 11 is 1.47. The molecule has 1 amide bonds. The van der Waals surface area contributed by atoms with E-state index in [1.807, 2.05) is 13.0 Å². The van der Waals surface area contributed by atoms with Crippen LogP contribution >= 0.6 is 11.8 Å². The van der Waals surface area contributed by atoms with Gasteiger partial charge in [-0.05, 0) is 88.5 Å². The smallest absolute Gasteiger partial charge is 0.230 e. The molecule has 0 radical (unpaired) electrons. The highest BCUT2D eigenvalue weighted by Crippen LogP contribution is 2.61. The van der Waals surface area contributed by atoms with Gasteiger partial charge >= 0.3 is 0 Å². The van der Waals surface area contributed by atoms with Crippen molar-refractivity contribution < 1.29 is 9.21 Å². The van der Waals surface area contributed by atoms with E-state index in [9.17, 15) is 4.79 Å². The van der Waals surface area contributed by atoms with Crippen molar-refractivity contribution in [3.8, 4) is 11.4 Å². The number of thioether (sulfide) groups is 1. The van der Waals surface area contributed by atoms with Crippen molar-refractivity contribution >= 4 is 17.7 Å². The number of rotatable bonds is 7. The van der Waals surface area contributed by atoms with E-state index in [1.54, 1.807) is 6.26 Å². The lowest BCUT2D eigenvalue weighted by molar-refractivity contribution is -0.123. The Morgan fingerprint density at radius 2 is 1.93 bits per heavy atom. The minimum atomic E-state index is 0.106. The van der Waals surface area contributed by atoms with E-state index in [-0.39, 0.29) is 11.9 Å². The number of aromatic nitrogens is 3. The van der Waals surface area contributed by atoms with Crippen LogP contribution in [0.5, 0.6) is 0 Å². The first-order chi connectivity index (χ1) is 14.5. The van der Waals surface area contributed by atoms with E-state index in [2.05, 4.69) is 33.9 Å². The monoisotopic (exact) mass is 428 g/mol. The van der Waals surface area contributed by atoms with Crippen molar-refractivity contribution in [3.05, 3.63) is 18.1 Å². The molecule has 6 rings (SSSR count). The highest BCUT2D eigenvalue weighted by molar-refractivity contribution is 7.99. The molecule has 4 saturated carbocycles. The predicted octanol–water partition coefficient (Wildman–Crippen LogP) is 4.68. The number of hydrogen-bond acceptors (Lipinski definition) is 5. The topological polar surface area (TPSA) is 73.0 Å². The summed E-state index contributed by atoms with van der Waals surface area (Å²) in [5, 5.41) is 12.8. The molecule has 4 aliphatic carbocycles. The summed E-state index contributed by atoms with van der Waals surface area (Å²) in [5.41, 5.74) is 1.29. The summed E-state index contributed by atoms with van der Waals surface area (Å²) in [6, 6.07) is 2.17. The van der Waals surface area contributed by atoms with E-state index in [4.69, 9.17) is 4.42 Å². The molecule has 1 atom stereocenters. The molecule has 1 N–H and O–H groups in total. The van der Waals surface area contributed by atoms with Gasteiger partial charge in [0.2, 0.25) is 5.91 Å². The van der Waals surface area contributed by atoms with E-state index in [1.165, 1.54) is 50.3 Å². The molecule has 7 heteroatoms. The fourth-order valence-electron chi connectivity index (χ4n) is 6.77. The molecule has 0 aliphatic heterocycles. The highest BCUT2D eigenvalue weighted by Gasteiger charge is 2.53. The third-order valence-corrected chi connectivity index (χ3v) is 8.81. The maximum Gasteiger partial charge on any atom is 0.230 e. The molecule has 0 unspecified atom stereocenters. The first kappa shape index (κ1) is 20.2. The van der Waals surface area contributed by atoms with Crippen LogP contribution in [0, 0.1) is 30.1 Å². The number of aryl methyl sites for hydroxylation is 1. The van der Waals surface area contributed by atoms with Gasteiger partial charge in [0.25, 0.3) is 0 Å². The number of nitrogens with one attached hydrogen (secondary N) is 1. The van der Waals surface area contributed by atoms with Gasteiger partial charge in [-0.1, -0.05) is 11.8 Å². The zero-order valence-electron chi connectivity index (χ0n) is 18.2. The van der Waals surface area contributed by atoms with Crippen LogP contribution in [0.1, 0.15) is 58.1 Å². The van der Waals surface area contributed by atoms with Gasteiger partial charge in [0.15, 0.2) is 11.0 Å². The molecular formula is C23H32N4O2S. The van der Waals surface area contributed by atoms with Crippen molar-refractivity contribution in [2.24, 2.45) is 23.2 Å². The fraction of sp³-hybridized carbons (Fsp3) is 0.696. The Balaban J connectivity index is 1.22. The maximum absolute atomic E-state index is 12.8. The Bertz CT molecular complexity index is 898. The van der Waals surface area contributed by atoms with Crippen LogP contribution in [-0.2, 0) is 11.3 Å². The molecule has 30 heavy (non-hydrogen) atoms. The number of nitrogens with zero attached hydrogens (tertiary/aromatic N) is 3. The van der Waals surface area contributed by atoms with Crippen molar-refractivity contribution in [2.75, 3.05) is 5.75 Å². The third kappa shape index (κ3) is 3.49. The maximum atomic E-state index is 12.8. The summed E-state index contributed by atoms with van der Waals surface area (Å²) in [6.45, 7) is 6.99. The van der Waals surface area contributed by atoms with Crippen molar-refractivity contribution in [3.63, 3.8) is 0 Å². The molecule has 6 nitrogen and oxygen atoms in total. The van der Waals surface area contributed by atoms with Gasteiger partial charge in [-0.25, -0.2) is 0 Å². The Labute approximate surface area is 182 Å². The van der Waals surface area contributed by atoms with Gasteiger partial charge in [0, 0.05) is 12.6 Å². The molecule has 0 spiro atoms. The zero-order chi connectivity index (χ0) is 20.9. The Hall–Kier alpha value is -1.76. The molecule has 4 aliphatic rings. The van der Waals surface area contributed by atoms with Gasteiger partial charge in [-0.3, -0.25) is 4.79 Å². The van der Waals surface area contributed by atoms with Crippen molar-refractivity contribution in [1.82, 2.24) is 20.1 Å². The first-order valence-electron chi connectivity index (χ1n) is 11.4.